The molecule has 2 aliphatic heterocycles. The van der Waals surface area contributed by atoms with Gasteiger partial charge in [0.25, 0.3) is 5.91 Å². The smallest absolute Gasteiger partial charge is 0.250 e. The van der Waals surface area contributed by atoms with Gasteiger partial charge in [0.2, 0.25) is 0 Å². The summed E-state index contributed by atoms with van der Waals surface area (Å²) in [5.41, 5.74) is 0.983. The zero-order valence-electron chi connectivity index (χ0n) is 12.1. The minimum Gasteiger partial charge on any atom is -0.486 e. The molecule has 114 valence electrons. The molecular formula is C15H20N2O4. The Bertz CT molecular complexity index is 514. The van der Waals surface area contributed by atoms with Crippen LogP contribution in [0.1, 0.15) is 18.5 Å². The average Bonchev–Trinajstić information content (AvgIpc) is 2.55. The first-order chi connectivity index (χ1) is 10.2. The molecule has 3 rings (SSSR count). The van der Waals surface area contributed by atoms with Gasteiger partial charge in [0.1, 0.15) is 19.3 Å². The lowest BCUT2D eigenvalue weighted by Crippen LogP contribution is -2.48. The highest BCUT2D eigenvalue weighted by Gasteiger charge is 2.23. The van der Waals surface area contributed by atoms with E-state index < -0.39 is 6.10 Å². The van der Waals surface area contributed by atoms with Gasteiger partial charge in [0, 0.05) is 13.1 Å². The lowest BCUT2D eigenvalue weighted by atomic mass is 10.1. The van der Waals surface area contributed by atoms with Gasteiger partial charge in [-0.05, 0) is 24.6 Å². The van der Waals surface area contributed by atoms with Gasteiger partial charge in [-0.2, -0.15) is 0 Å². The molecule has 0 aliphatic carbocycles. The summed E-state index contributed by atoms with van der Waals surface area (Å²) >= 11 is 0. The third-order valence-electron chi connectivity index (χ3n) is 3.65. The molecule has 21 heavy (non-hydrogen) atoms. The molecule has 1 saturated heterocycles. The van der Waals surface area contributed by atoms with Gasteiger partial charge in [-0.1, -0.05) is 6.07 Å². The van der Waals surface area contributed by atoms with Crippen molar-refractivity contribution in [3.05, 3.63) is 23.8 Å². The predicted molar refractivity (Wildman–Crippen MR) is 76.6 cm³/mol. The van der Waals surface area contributed by atoms with Gasteiger partial charge in [-0.25, -0.2) is 0 Å². The number of morpholine rings is 1. The van der Waals surface area contributed by atoms with Crippen molar-refractivity contribution in [1.82, 2.24) is 10.6 Å². The number of fused-ring (bicyclic) bond motifs is 1. The summed E-state index contributed by atoms with van der Waals surface area (Å²) in [6.07, 6.45) is -0.418. The van der Waals surface area contributed by atoms with Crippen LogP contribution in [-0.4, -0.2) is 44.9 Å². The number of ether oxygens (including phenoxy) is 3. The second-order valence-corrected chi connectivity index (χ2v) is 5.20. The second kappa shape index (κ2) is 6.32. The highest BCUT2D eigenvalue weighted by molar-refractivity contribution is 5.81. The number of hydrogen-bond acceptors (Lipinski definition) is 5. The lowest BCUT2D eigenvalue weighted by molar-refractivity contribution is -0.134. The van der Waals surface area contributed by atoms with Gasteiger partial charge in [-0.15, -0.1) is 0 Å². The van der Waals surface area contributed by atoms with Crippen molar-refractivity contribution in [2.24, 2.45) is 0 Å². The zero-order valence-corrected chi connectivity index (χ0v) is 12.1. The third-order valence-corrected chi connectivity index (χ3v) is 3.65. The van der Waals surface area contributed by atoms with E-state index in [1.54, 1.807) is 0 Å². The Morgan fingerprint density at radius 2 is 2.10 bits per heavy atom. The molecule has 0 spiro atoms. The first-order valence-electron chi connectivity index (χ1n) is 7.26. The van der Waals surface area contributed by atoms with Crippen LogP contribution in [-0.2, 0) is 9.53 Å². The molecule has 0 saturated carbocycles. The van der Waals surface area contributed by atoms with Crippen molar-refractivity contribution in [3.8, 4) is 11.5 Å². The predicted octanol–water partition coefficient (Wildman–Crippen LogP) is 0.623. The second-order valence-electron chi connectivity index (χ2n) is 5.20. The largest absolute Gasteiger partial charge is 0.486 e. The molecule has 0 radical (unpaired) electrons. The number of nitrogens with one attached hydrogen (secondary N) is 2. The maximum Gasteiger partial charge on any atom is 0.250 e. The third kappa shape index (κ3) is 3.28. The summed E-state index contributed by atoms with van der Waals surface area (Å²) in [7, 11) is 0. The van der Waals surface area contributed by atoms with Crippen LogP contribution < -0.4 is 20.1 Å². The molecule has 1 aromatic rings. The molecule has 2 heterocycles. The summed E-state index contributed by atoms with van der Waals surface area (Å²) < 4.78 is 16.5. The fourth-order valence-corrected chi connectivity index (χ4v) is 2.45. The zero-order chi connectivity index (χ0) is 14.7. The van der Waals surface area contributed by atoms with E-state index in [1.807, 2.05) is 25.1 Å². The molecule has 6 heteroatoms. The summed E-state index contributed by atoms with van der Waals surface area (Å²) in [6.45, 7) is 4.99. The van der Waals surface area contributed by atoms with E-state index in [0.29, 0.717) is 26.4 Å². The number of benzene rings is 1. The molecule has 0 bridgehead atoms. The van der Waals surface area contributed by atoms with Crippen LogP contribution in [0.15, 0.2) is 18.2 Å². The van der Waals surface area contributed by atoms with E-state index in [1.165, 1.54) is 0 Å². The number of carbonyl (C=O) groups is 1. The Labute approximate surface area is 123 Å². The maximum absolute atomic E-state index is 12.1. The van der Waals surface area contributed by atoms with Gasteiger partial charge >= 0.3 is 0 Å². The van der Waals surface area contributed by atoms with E-state index in [0.717, 1.165) is 23.6 Å². The standard InChI is InChI=1S/C15H20N2O4/c1-10(17-15(18)14-9-16-4-5-19-14)11-2-3-12-13(8-11)21-7-6-20-12/h2-3,8,10,14,16H,4-7,9H2,1H3,(H,17,18). The van der Waals surface area contributed by atoms with Gasteiger partial charge in [-0.3, -0.25) is 4.79 Å². The van der Waals surface area contributed by atoms with E-state index in [4.69, 9.17) is 14.2 Å². The normalized spacial score (nSPS) is 22.4. The van der Waals surface area contributed by atoms with Crippen molar-refractivity contribution in [2.45, 2.75) is 19.1 Å². The molecule has 1 fully saturated rings. The summed E-state index contributed by atoms with van der Waals surface area (Å²) in [4.78, 5) is 12.1. The Balaban J connectivity index is 1.64. The molecule has 6 nitrogen and oxygen atoms in total. The maximum atomic E-state index is 12.1. The number of hydrogen-bond donors (Lipinski definition) is 2. The molecule has 1 amide bonds. The van der Waals surface area contributed by atoms with Crippen molar-refractivity contribution in [3.63, 3.8) is 0 Å². The van der Waals surface area contributed by atoms with Crippen molar-refractivity contribution in [1.29, 1.82) is 0 Å². The summed E-state index contributed by atoms with van der Waals surface area (Å²) in [5.74, 6) is 1.39. The Hall–Kier alpha value is -1.79. The van der Waals surface area contributed by atoms with E-state index in [2.05, 4.69) is 10.6 Å². The average molecular weight is 292 g/mol. The van der Waals surface area contributed by atoms with Crippen LogP contribution >= 0.6 is 0 Å². The SMILES string of the molecule is CC(NC(=O)C1CNCCO1)c1ccc2c(c1)OCCO2. The fourth-order valence-electron chi connectivity index (χ4n) is 2.45. The van der Waals surface area contributed by atoms with Crippen LogP contribution in [0, 0.1) is 0 Å². The summed E-state index contributed by atoms with van der Waals surface area (Å²) in [6, 6.07) is 5.63. The highest BCUT2D eigenvalue weighted by atomic mass is 16.6. The first kappa shape index (κ1) is 14.2. The first-order valence-corrected chi connectivity index (χ1v) is 7.26. The minimum atomic E-state index is -0.418. The van der Waals surface area contributed by atoms with Crippen LogP contribution in [0.4, 0.5) is 0 Å². The van der Waals surface area contributed by atoms with Gasteiger partial charge < -0.3 is 24.8 Å². The Kier molecular flexibility index (Phi) is 4.26. The van der Waals surface area contributed by atoms with Crippen LogP contribution in [0.25, 0.3) is 0 Å². The quantitative estimate of drug-likeness (QED) is 0.855. The van der Waals surface area contributed by atoms with E-state index in [9.17, 15) is 4.79 Å². The molecule has 2 aliphatic rings. The van der Waals surface area contributed by atoms with Crippen LogP contribution in [0.3, 0.4) is 0 Å². The number of rotatable bonds is 3. The monoisotopic (exact) mass is 292 g/mol. The minimum absolute atomic E-state index is 0.0930. The number of carbonyl (C=O) groups excluding carboxylic acids is 1. The van der Waals surface area contributed by atoms with Crippen LogP contribution in [0.5, 0.6) is 11.5 Å². The number of amides is 1. The van der Waals surface area contributed by atoms with Crippen LogP contribution in [0.2, 0.25) is 0 Å². The van der Waals surface area contributed by atoms with E-state index in [-0.39, 0.29) is 11.9 Å². The van der Waals surface area contributed by atoms with Crippen molar-refractivity contribution < 1.29 is 19.0 Å². The van der Waals surface area contributed by atoms with Crippen molar-refractivity contribution >= 4 is 5.91 Å². The Morgan fingerprint density at radius 1 is 1.29 bits per heavy atom. The molecule has 0 aromatic heterocycles. The topological polar surface area (TPSA) is 68.8 Å². The fraction of sp³-hybridized carbons (Fsp3) is 0.533. The Morgan fingerprint density at radius 3 is 2.86 bits per heavy atom. The van der Waals surface area contributed by atoms with E-state index >= 15 is 0 Å². The summed E-state index contributed by atoms with van der Waals surface area (Å²) in [5, 5.41) is 6.12. The van der Waals surface area contributed by atoms with Gasteiger partial charge in [0.05, 0.1) is 12.6 Å². The van der Waals surface area contributed by atoms with Gasteiger partial charge in [0.15, 0.2) is 11.5 Å². The molecular weight excluding hydrogens is 272 g/mol. The van der Waals surface area contributed by atoms with Crippen molar-refractivity contribution in [2.75, 3.05) is 32.9 Å². The molecule has 2 atom stereocenters. The molecule has 2 unspecified atom stereocenters. The lowest BCUT2D eigenvalue weighted by Gasteiger charge is -2.25. The molecule has 2 N–H and O–H groups in total. The molecule has 1 aromatic carbocycles. The highest BCUT2D eigenvalue weighted by Crippen LogP contribution is 2.32.